The predicted octanol–water partition coefficient (Wildman–Crippen LogP) is 3.82. The molecule has 0 unspecified atom stereocenters. The second-order valence-corrected chi connectivity index (χ2v) is 5.04. The monoisotopic (exact) mass is 276 g/mol. The molecule has 2 nitrogen and oxygen atoms in total. The van der Waals surface area contributed by atoms with Crippen molar-refractivity contribution in [3.05, 3.63) is 0 Å². The number of carbonyl (C=O) groups is 1. The van der Waals surface area contributed by atoms with Crippen LogP contribution in [0.1, 0.15) is 57.8 Å². The van der Waals surface area contributed by atoms with Crippen molar-refractivity contribution in [3.63, 3.8) is 0 Å². The first-order valence-corrected chi connectivity index (χ1v) is 7.20. The predicted molar refractivity (Wildman–Crippen MR) is 65.2 cm³/mol. The average Bonchev–Trinajstić information content (AvgIpc) is 2.70. The Bertz CT molecular complexity index is 176. The molecule has 0 aromatic carbocycles. The summed E-state index contributed by atoms with van der Waals surface area (Å²) >= 11 is 3.40. The fourth-order valence-electron chi connectivity index (χ4n) is 1.97. The van der Waals surface area contributed by atoms with E-state index in [9.17, 15) is 4.79 Å². The van der Waals surface area contributed by atoms with Crippen LogP contribution in [0, 0.1) is 0 Å². The van der Waals surface area contributed by atoms with Crippen molar-refractivity contribution >= 4 is 21.9 Å². The summed E-state index contributed by atoms with van der Waals surface area (Å²) in [6.45, 7) is 0. The summed E-state index contributed by atoms with van der Waals surface area (Å²) in [6, 6.07) is 0. The van der Waals surface area contributed by atoms with Crippen molar-refractivity contribution in [1.29, 1.82) is 0 Å². The summed E-state index contributed by atoms with van der Waals surface area (Å²) in [6.07, 6.45) is 10.00. The largest absolute Gasteiger partial charge is 0.462 e. The first-order valence-electron chi connectivity index (χ1n) is 6.08. The lowest BCUT2D eigenvalue weighted by molar-refractivity contribution is -0.148. The Hall–Kier alpha value is -0.0500. The Morgan fingerprint density at radius 3 is 2.47 bits per heavy atom. The zero-order chi connectivity index (χ0) is 10.9. The number of hydrogen-bond donors (Lipinski definition) is 0. The van der Waals surface area contributed by atoms with E-state index in [0.29, 0.717) is 6.42 Å². The minimum Gasteiger partial charge on any atom is -0.462 e. The van der Waals surface area contributed by atoms with E-state index in [1.165, 1.54) is 25.7 Å². The third-order valence-electron chi connectivity index (χ3n) is 2.86. The molecule has 0 radical (unpaired) electrons. The number of halogens is 1. The Labute approximate surface area is 101 Å². The summed E-state index contributed by atoms with van der Waals surface area (Å²) in [7, 11) is 0. The van der Waals surface area contributed by atoms with Crippen molar-refractivity contribution in [1.82, 2.24) is 0 Å². The fourth-order valence-corrected chi connectivity index (χ4v) is 2.36. The van der Waals surface area contributed by atoms with E-state index in [4.69, 9.17) is 4.74 Å². The van der Waals surface area contributed by atoms with Crippen LogP contribution < -0.4 is 0 Å². The van der Waals surface area contributed by atoms with E-state index in [2.05, 4.69) is 15.9 Å². The maximum absolute atomic E-state index is 11.4. The van der Waals surface area contributed by atoms with Gasteiger partial charge in [-0.1, -0.05) is 28.8 Å². The molecule has 0 N–H and O–H groups in total. The highest BCUT2D eigenvalue weighted by Gasteiger charge is 2.18. The maximum atomic E-state index is 11.4. The summed E-state index contributed by atoms with van der Waals surface area (Å²) in [5.41, 5.74) is 0. The zero-order valence-electron chi connectivity index (χ0n) is 9.34. The van der Waals surface area contributed by atoms with Gasteiger partial charge in [-0.3, -0.25) is 4.79 Å². The number of unbranched alkanes of at least 4 members (excludes halogenated alkanes) is 3. The molecular weight excluding hydrogens is 256 g/mol. The lowest BCUT2D eigenvalue weighted by atomic mass is 10.1. The van der Waals surface area contributed by atoms with Gasteiger partial charge in [-0.15, -0.1) is 0 Å². The van der Waals surface area contributed by atoms with Crippen LogP contribution in [-0.2, 0) is 9.53 Å². The Morgan fingerprint density at radius 2 is 1.80 bits per heavy atom. The van der Waals surface area contributed by atoms with E-state index in [-0.39, 0.29) is 12.1 Å². The molecule has 0 aromatic rings. The minimum absolute atomic E-state index is 0.0146. The lowest BCUT2D eigenvalue weighted by Crippen LogP contribution is -2.14. The van der Waals surface area contributed by atoms with Gasteiger partial charge in [-0.2, -0.15) is 0 Å². The molecule has 0 aliphatic heterocycles. The average molecular weight is 277 g/mol. The van der Waals surface area contributed by atoms with Gasteiger partial charge in [0.2, 0.25) is 0 Å². The van der Waals surface area contributed by atoms with Gasteiger partial charge in [0.05, 0.1) is 0 Å². The molecule has 0 spiro atoms. The first-order chi connectivity index (χ1) is 7.33. The standard InChI is InChI=1S/C12H21BrO2/c13-10-6-2-1-3-9-12(14)15-11-7-4-5-8-11/h11H,1-10H2. The molecule has 88 valence electrons. The van der Waals surface area contributed by atoms with Gasteiger partial charge in [-0.05, 0) is 38.5 Å². The summed E-state index contributed by atoms with van der Waals surface area (Å²) in [5, 5.41) is 1.07. The molecular formula is C12H21BrO2. The maximum Gasteiger partial charge on any atom is 0.306 e. The number of hydrogen-bond acceptors (Lipinski definition) is 2. The molecule has 0 aromatic heterocycles. The van der Waals surface area contributed by atoms with Crippen molar-refractivity contribution in [2.45, 2.75) is 63.9 Å². The van der Waals surface area contributed by atoms with Crippen molar-refractivity contribution in [3.8, 4) is 0 Å². The molecule has 0 saturated heterocycles. The lowest BCUT2D eigenvalue weighted by Gasteiger charge is -2.10. The molecule has 3 heteroatoms. The van der Waals surface area contributed by atoms with Crippen LogP contribution >= 0.6 is 15.9 Å². The fraction of sp³-hybridized carbons (Fsp3) is 0.917. The van der Waals surface area contributed by atoms with Gasteiger partial charge in [0.25, 0.3) is 0 Å². The molecule has 15 heavy (non-hydrogen) atoms. The van der Waals surface area contributed by atoms with Gasteiger partial charge in [-0.25, -0.2) is 0 Å². The second-order valence-electron chi connectivity index (χ2n) is 4.25. The number of esters is 1. The van der Waals surface area contributed by atoms with Crippen LogP contribution in [0.25, 0.3) is 0 Å². The van der Waals surface area contributed by atoms with Crippen LogP contribution in [0.3, 0.4) is 0 Å². The molecule has 0 atom stereocenters. The first kappa shape index (κ1) is 13.0. The van der Waals surface area contributed by atoms with Crippen LogP contribution in [0.5, 0.6) is 0 Å². The zero-order valence-corrected chi connectivity index (χ0v) is 10.9. The normalized spacial score (nSPS) is 16.9. The smallest absolute Gasteiger partial charge is 0.306 e. The molecule has 0 amide bonds. The third-order valence-corrected chi connectivity index (χ3v) is 3.43. The van der Waals surface area contributed by atoms with Crippen LogP contribution in [0.2, 0.25) is 0 Å². The number of carbonyl (C=O) groups excluding carboxylic acids is 1. The van der Waals surface area contributed by atoms with E-state index < -0.39 is 0 Å². The van der Waals surface area contributed by atoms with Crippen LogP contribution in [0.15, 0.2) is 0 Å². The highest BCUT2D eigenvalue weighted by Crippen LogP contribution is 2.21. The molecule has 1 rings (SSSR count). The van der Waals surface area contributed by atoms with Crippen molar-refractivity contribution in [2.75, 3.05) is 5.33 Å². The van der Waals surface area contributed by atoms with Crippen molar-refractivity contribution < 1.29 is 9.53 Å². The Morgan fingerprint density at radius 1 is 1.13 bits per heavy atom. The Balaban J connectivity index is 1.93. The number of alkyl halides is 1. The van der Waals surface area contributed by atoms with E-state index in [1.54, 1.807) is 0 Å². The molecule has 0 heterocycles. The summed E-state index contributed by atoms with van der Waals surface area (Å²) < 4.78 is 5.37. The van der Waals surface area contributed by atoms with Gasteiger partial charge < -0.3 is 4.74 Å². The summed E-state index contributed by atoms with van der Waals surface area (Å²) in [4.78, 5) is 11.4. The van der Waals surface area contributed by atoms with E-state index in [1.807, 2.05) is 0 Å². The van der Waals surface area contributed by atoms with Crippen LogP contribution in [-0.4, -0.2) is 17.4 Å². The molecule has 1 saturated carbocycles. The second kappa shape index (κ2) is 8.14. The number of rotatable bonds is 7. The quantitative estimate of drug-likeness (QED) is 0.402. The minimum atomic E-state index is 0.0146. The Kier molecular flexibility index (Phi) is 7.07. The summed E-state index contributed by atoms with van der Waals surface area (Å²) in [5.74, 6) is 0.0146. The third kappa shape index (κ3) is 6.18. The van der Waals surface area contributed by atoms with Crippen LogP contribution in [0.4, 0.5) is 0 Å². The molecule has 0 bridgehead atoms. The van der Waals surface area contributed by atoms with Gasteiger partial charge in [0.1, 0.15) is 6.10 Å². The highest BCUT2D eigenvalue weighted by atomic mass is 79.9. The molecule has 1 aliphatic carbocycles. The van der Waals surface area contributed by atoms with Crippen molar-refractivity contribution in [2.24, 2.45) is 0 Å². The van der Waals surface area contributed by atoms with Gasteiger partial charge in [0, 0.05) is 11.8 Å². The SMILES string of the molecule is O=C(CCCCCCBr)OC1CCCC1. The van der Waals surface area contributed by atoms with Gasteiger partial charge in [0.15, 0.2) is 0 Å². The molecule has 1 aliphatic rings. The van der Waals surface area contributed by atoms with E-state index >= 15 is 0 Å². The van der Waals surface area contributed by atoms with E-state index in [0.717, 1.165) is 31.0 Å². The highest BCUT2D eigenvalue weighted by molar-refractivity contribution is 9.09. The topological polar surface area (TPSA) is 26.3 Å². The molecule has 1 fully saturated rings. The van der Waals surface area contributed by atoms with Gasteiger partial charge >= 0.3 is 5.97 Å². The number of ether oxygens (including phenoxy) is 1.